The van der Waals surface area contributed by atoms with Crippen LogP contribution in [0.1, 0.15) is 41.8 Å². The molecule has 0 saturated carbocycles. The molecule has 1 aromatic carbocycles. The second kappa shape index (κ2) is 6.71. The van der Waals surface area contributed by atoms with Crippen molar-refractivity contribution in [2.24, 2.45) is 0 Å². The average molecular weight is 360 g/mol. The average Bonchev–Trinajstić information content (AvgIpc) is 3.22. The smallest absolute Gasteiger partial charge is 0.222 e. The van der Waals surface area contributed by atoms with Crippen molar-refractivity contribution < 1.29 is 9.53 Å². The van der Waals surface area contributed by atoms with Crippen molar-refractivity contribution in [3.8, 4) is 5.75 Å². The van der Waals surface area contributed by atoms with E-state index in [1.54, 1.807) is 7.11 Å². The number of nitrogens with zero attached hydrogens (tertiary/aromatic N) is 2. The highest BCUT2D eigenvalue weighted by molar-refractivity contribution is 6.31. The predicted octanol–water partition coefficient (Wildman–Crippen LogP) is 3.14. The first-order valence-electron chi connectivity index (χ1n) is 8.82. The van der Waals surface area contributed by atoms with E-state index in [0.717, 1.165) is 49.2 Å². The van der Waals surface area contributed by atoms with Crippen LogP contribution in [0.3, 0.4) is 0 Å². The lowest BCUT2D eigenvalue weighted by atomic mass is 9.89. The van der Waals surface area contributed by atoms with E-state index in [-0.39, 0.29) is 0 Å². The minimum atomic E-state index is 0.302. The van der Waals surface area contributed by atoms with Crippen LogP contribution < -0.4 is 4.74 Å². The Balaban J connectivity index is 1.55. The van der Waals surface area contributed by atoms with E-state index in [1.807, 2.05) is 18.2 Å². The van der Waals surface area contributed by atoms with Gasteiger partial charge in [-0.3, -0.25) is 9.89 Å². The van der Waals surface area contributed by atoms with Crippen LogP contribution >= 0.6 is 11.6 Å². The summed E-state index contributed by atoms with van der Waals surface area (Å²) < 4.78 is 5.21. The summed E-state index contributed by atoms with van der Waals surface area (Å²) in [5, 5.41) is 8.42. The molecule has 1 atom stereocenters. The van der Waals surface area contributed by atoms with E-state index in [2.05, 4.69) is 15.1 Å². The zero-order valence-corrected chi connectivity index (χ0v) is 15.1. The van der Waals surface area contributed by atoms with Crippen LogP contribution in [0.25, 0.3) is 0 Å². The summed E-state index contributed by atoms with van der Waals surface area (Å²) in [4.78, 5) is 14.1. The molecule has 2 heterocycles. The Bertz CT molecular complexity index is 802. The Morgan fingerprint density at radius 3 is 3.00 bits per heavy atom. The number of aromatic amines is 1. The first-order chi connectivity index (χ1) is 12.2. The number of aryl methyl sites for hydroxylation is 1. The Morgan fingerprint density at radius 1 is 1.40 bits per heavy atom. The van der Waals surface area contributed by atoms with Crippen molar-refractivity contribution in [3.63, 3.8) is 0 Å². The summed E-state index contributed by atoms with van der Waals surface area (Å²) in [5.41, 5.74) is 4.56. The van der Waals surface area contributed by atoms with Crippen LogP contribution in [0.2, 0.25) is 5.02 Å². The number of nitrogens with one attached hydrogen (secondary N) is 1. The van der Waals surface area contributed by atoms with E-state index >= 15 is 0 Å². The second-order valence-corrected chi connectivity index (χ2v) is 7.26. The van der Waals surface area contributed by atoms with Crippen LogP contribution in [0, 0.1) is 0 Å². The number of methoxy groups -OCH3 is 1. The molecule has 1 N–H and O–H groups in total. The van der Waals surface area contributed by atoms with Crippen molar-refractivity contribution in [3.05, 3.63) is 45.7 Å². The number of likely N-dealkylation sites (tertiary alicyclic amines) is 1. The molecule has 1 amide bonds. The van der Waals surface area contributed by atoms with Crippen molar-refractivity contribution in [2.45, 2.75) is 44.6 Å². The van der Waals surface area contributed by atoms with Crippen LogP contribution in [0.15, 0.2) is 18.2 Å². The van der Waals surface area contributed by atoms with Gasteiger partial charge in [-0.15, -0.1) is 0 Å². The number of H-pyrrole nitrogens is 1. The van der Waals surface area contributed by atoms with Gasteiger partial charge in [0.2, 0.25) is 5.91 Å². The van der Waals surface area contributed by atoms with E-state index < -0.39 is 0 Å². The maximum Gasteiger partial charge on any atom is 0.222 e. The van der Waals surface area contributed by atoms with Gasteiger partial charge in [-0.2, -0.15) is 5.10 Å². The van der Waals surface area contributed by atoms with E-state index in [1.165, 1.54) is 11.3 Å². The first-order valence-corrected chi connectivity index (χ1v) is 9.20. The van der Waals surface area contributed by atoms with E-state index in [9.17, 15) is 4.79 Å². The molecule has 132 valence electrons. The molecular weight excluding hydrogens is 338 g/mol. The Labute approximate surface area is 152 Å². The third-order valence-electron chi connectivity index (χ3n) is 5.37. The van der Waals surface area contributed by atoms with Crippen molar-refractivity contribution in [1.82, 2.24) is 15.1 Å². The minimum Gasteiger partial charge on any atom is -0.497 e. The molecule has 0 radical (unpaired) electrons. The highest BCUT2D eigenvalue weighted by Crippen LogP contribution is 2.31. The molecule has 2 aliphatic rings. The number of fused-ring (bicyclic) bond motifs is 1. The molecule has 1 unspecified atom stereocenters. The molecule has 0 bridgehead atoms. The number of halogens is 1. The number of rotatable bonds is 4. The molecule has 1 aliphatic heterocycles. The zero-order chi connectivity index (χ0) is 17.4. The van der Waals surface area contributed by atoms with Gasteiger partial charge in [0.1, 0.15) is 5.75 Å². The maximum absolute atomic E-state index is 12.1. The molecule has 1 saturated heterocycles. The summed E-state index contributed by atoms with van der Waals surface area (Å²) in [5.74, 6) is 1.06. The lowest BCUT2D eigenvalue weighted by molar-refractivity contribution is -0.129. The number of amides is 1. The summed E-state index contributed by atoms with van der Waals surface area (Å²) in [6, 6.07) is 6.06. The molecule has 5 nitrogen and oxygen atoms in total. The minimum absolute atomic E-state index is 0.302. The number of carbonyl (C=O) groups is 1. The van der Waals surface area contributed by atoms with Gasteiger partial charge >= 0.3 is 0 Å². The van der Waals surface area contributed by atoms with Gasteiger partial charge in [0.25, 0.3) is 0 Å². The van der Waals surface area contributed by atoms with Crippen molar-refractivity contribution in [2.75, 3.05) is 13.7 Å². The molecule has 6 heteroatoms. The van der Waals surface area contributed by atoms with Gasteiger partial charge in [-0.05, 0) is 48.9 Å². The second-order valence-electron chi connectivity index (χ2n) is 6.85. The molecule has 2 aromatic rings. The van der Waals surface area contributed by atoms with Crippen LogP contribution in [0.5, 0.6) is 5.75 Å². The lowest BCUT2D eigenvalue weighted by Crippen LogP contribution is -2.40. The highest BCUT2D eigenvalue weighted by Gasteiger charge is 2.32. The Kier molecular flexibility index (Phi) is 4.42. The largest absolute Gasteiger partial charge is 0.497 e. The number of ether oxygens (including phenoxy) is 1. The van der Waals surface area contributed by atoms with Gasteiger partial charge in [0.15, 0.2) is 0 Å². The number of carbonyl (C=O) groups excluding carboxylic acids is 1. The molecule has 1 aliphatic carbocycles. The molecule has 25 heavy (non-hydrogen) atoms. The van der Waals surface area contributed by atoms with Gasteiger partial charge in [-0.25, -0.2) is 0 Å². The molecule has 1 aromatic heterocycles. The van der Waals surface area contributed by atoms with E-state index in [0.29, 0.717) is 29.8 Å². The van der Waals surface area contributed by atoms with Crippen molar-refractivity contribution >= 4 is 17.5 Å². The third kappa shape index (κ3) is 3.13. The van der Waals surface area contributed by atoms with Crippen molar-refractivity contribution in [1.29, 1.82) is 0 Å². The molecular formula is C19H22ClN3O2. The number of hydrogen-bond acceptors (Lipinski definition) is 3. The standard InChI is InChI=1S/C19H22ClN3O2/c1-25-14-6-4-12(16(20)11-14)9-18-15-10-13(5-7-17(15)21-22-18)23-8-2-3-19(23)24/h4,6,11,13H,2-3,5,7-10H2,1H3,(H,21,22). The van der Waals surface area contributed by atoms with Crippen LogP contribution in [0.4, 0.5) is 0 Å². The highest BCUT2D eigenvalue weighted by atomic mass is 35.5. The zero-order valence-electron chi connectivity index (χ0n) is 14.3. The predicted molar refractivity (Wildman–Crippen MR) is 96.2 cm³/mol. The Morgan fingerprint density at radius 2 is 2.28 bits per heavy atom. The van der Waals surface area contributed by atoms with Gasteiger partial charge in [-0.1, -0.05) is 17.7 Å². The van der Waals surface area contributed by atoms with Gasteiger partial charge in [0.05, 0.1) is 12.8 Å². The first kappa shape index (κ1) is 16.5. The number of benzene rings is 1. The number of aromatic nitrogens is 2. The summed E-state index contributed by atoms with van der Waals surface area (Å²) in [6.07, 6.45) is 5.23. The van der Waals surface area contributed by atoms with Gasteiger partial charge in [0, 0.05) is 36.1 Å². The fourth-order valence-corrected chi connectivity index (χ4v) is 4.22. The van der Waals surface area contributed by atoms with Gasteiger partial charge < -0.3 is 9.64 Å². The maximum atomic E-state index is 12.1. The quantitative estimate of drug-likeness (QED) is 0.912. The fourth-order valence-electron chi connectivity index (χ4n) is 3.99. The van der Waals surface area contributed by atoms with Crippen LogP contribution in [-0.2, 0) is 24.1 Å². The summed E-state index contributed by atoms with van der Waals surface area (Å²) in [7, 11) is 1.63. The fraction of sp³-hybridized carbons (Fsp3) is 0.474. The normalized spacial score (nSPS) is 20.0. The van der Waals surface area contributed by atoms with E-state index in [4.69, 9.17) is 16.3 Å². The molecule has 1 fully saturated rings. The Hall–Kier alpha value is -2.01. The topological polar surface area (TPSA) is 58.2 Å². The summed E-state index contributed by atoms with van der Waals surface area (Å²) in [6.45, 7) is 0.899. The van der Waals surface area contributed by atoms with Crippen LogP contribution in [-0.4, -0.2) is 40.7 Å². The SMILES string of the molecule is COc1ccc(Cc2n[nH]c3c2CC(N2CCCC2=O)CC3)c(Cl)c1. The summed E-state index contributed by atoms with van der Waals surface area (Å²) >= 11 is 6.39. The molecule has 0 spiro atoms. The third-order valence-corrected chi connectivity index (χ3v) is 5.73. The number of hydrogen-bond donors (Lipinski definition) is 1. The lowest BCUT2D eigenvalue weighted by Gasteiger charge is -2.31. The monoisotopic (exact) mass is 359 g/mol. The molecule has 4 rings (SSSR count).